The van der Waals surface area contributed by atoms with Crippen LogP contribution in [0, 0.1) is 11.8 Å². The van der Waals surface area contributed by atoms with Gasteiger partial charge < -0.3 is 19.1 Å². The molecule has 0 aliphatic carbocycles. The van der Waals surface area contributed by atoms with Gasteiger partial charge >= 0.3 is 17.9 Å². The van der Waals surface area contributed by atoms with Crippen molar-refractivity contribution in [2.45, 2.75) is 259 Å². The van der Waals surface area contributed by atoms with Crippen LogP contribution in [0.15, 0.2) is 0 Å². The lowest BCUT2D eigenvalue weighted by molar-refractivity contribution is -0.150. The van der Waals surface area contributed by atoms with Crippen LogP contribution in [0.3, 0.4) is 0 Å². The molecule has 0 heterocycles. The van der Waals surface area contributed by atoms with Crippen molar-refractivity contribution < 1.29 is 28.6 Å². The first-order valence-electron chi connectivity index (χ1n) is 25.6. The maximum absolute atomic E-state index is 13.0. The standard InChI is InChI=1S/C51H99NO6/c1-6-11-15-19-22-30-39-47(37-28-17-13-8-3)50(54)57-45-34-26-21-24-32-42-52(44-36-41-49(53)56-10-5)43-33-25-27-35-46-58-51(55)48(38-29-18-14-9-4)40-31-23-20-16-12-7-2/h47-48H,6-46H2,1-5H3. The van der Waals surface area contributed by atoms with Crippen LogP contribution in [0.5, 0.6) is 0 Å². The van der Waals surface area contributed by atoms with E-state index >= 15 is 0 Å². The molecule has 0 saturated heterocycles. The summed E-state index contributed by atoms with van der Waals surface area (Å²) in [5.74, 6) is 0.145. The third kappa shape index (κ3) is 37.4. The molecule has 0 saturated carbocycles. The van der Waals surface area contributed by atoms with E-state index in [1.165, 1.54) is 109 Å². The summed E-state index contributed by atoms with van der Waals surface area (Å²) >= 11 is 0. The molecule has 0 fully saturated rings. The zero-order valence-electron chi connectivity index (χ0n) is 39.5. The number of hydrogen-bond donors (Lipinski definition) is 0. The van der Waals surface area contributed by atoms with Gasteiger partial charge in [0.25, 0.3) is 0 Å². The number of unbranched alkanes of at least 4 members (excludes halogenated alkanes) is 23. The lowest BCUT2D eigenvalue weighted by atomic mass is 9.94. The van der Waals surface area contributed by atoms with Crippen LogP contribution in [0.4, 0.5) is 0 Å². The second kappa shape index (κ2) is 44.9. The van der Waals surface area contributed by atoms with Gasteiger partial charge in [-0.05, 0) is 84.3 Å². The minimum Gasteiger partial charge on any atom is -0.466 e. The van der Waals surface area contributed by atoms with Gasteiger partial charge in [-0.25, -0.2) is 0 Å². The van der Waals surface area contributed by atoms with Crippen molar-refractivity contribution in [3.8, 4) is 0 Å². The minimum atomic E-state index is -0.0990. The Labute approximate surface area is 361 Å². The summed E-state index contributed by atoms with van der Waals surface area (Å²) in [5, 5.41) is 0. The molecular weight excluding hydrogens is 723 g/mol. The van der Waals surface area contributed by atoms with Crippen LogP contribution in [-0.2, 0) is 28.6 Å². The van der Waals surface area contributed by atoms with Gasteiger partial charge in [-0.2, -0.15) is 0 Å². The summed E-state index contributed by atoms with van der Waals surface area (Å²) in [6.45, 7) is 15.4. The second-order valence-corrected chi connectivity index (χ2v) is 17.5. The first-order valence-corrected chi connectivity index (χ1v) is 25.6. The first kappa shape index (κ1) is 56.4. The normalized spacial score (nSPS) is 12.5. The highest BCUT2D eigenvalue weighted by Gasteiger charge is 2.20. The van der Waals surface area contributed by atoms with Gasteiger partial charge in [-0.3, -0.25) is 14.4 Å². The molecule has 7 heteroatoms. The molecule has 0 spiro atoms. The lowest BCUT2D eigenvalue weighted by Crippen LogP contribution is -2.28. The average molecular weight is 822 g/mol. The Morgan fingerprint density at radius 1 is 0.362 bits per heavy atom. The van der Waals surface area contributed by atoms with Gasteiger partial charge in [0, 0.05) is 6.42 Å². The molecular formula is C51H99NO6. The Balaban J connectivity index is 4.52. The maximum atomic E-state index is 13.0. The smallest absolute Gasteiger partial charge is 0.308 e. The molecule has 344 valence electrons. The average Bonchev–Trinajstić information content (AvgIpc) is 3.22. The van der Waals surface area contributed by atoms with E-state index in [2.05, 4.69) is 32.6 Å². The van der Waals surface area contributed by atoms with E-state index < -0.39 is 0 Å². The number of esters is 3. The number of ether oxygens (including phenoxy) is 3. The summed E-state index contributed by atoms with van der Waals surface area (Å²) in [6, 6.07) is 0. The Morgan fingerprint density at radius 3 is 1.05 bits per heavy atom. The molecule has 0 aromatic carbocycles. The Morgan fingerprint density at radius 2 is 0.672 bits per heavy atom. The van der Waals surface area contributed by atoms with Crippen LogP contribution < -0.4 is 0 Å². The minimum absolute atomic E-state index is 0.0412. The molecule has 0 rings (SSSR count). The van der Waals surface area contributed by atoms with E-state index in [9.17, 15) is 14.4 Å². The fourth-order valence-corrected chi connectivity index (χ4v) is 8.09. The molecule has 0 N–H and O–H groups in total. The third-order valence-corrected chi connectivity index (χ3v) is 11.9. The van der Waals surface area contributed by atoms with Gasteiger partial charge in [0.1, 0.15) is 0 Å². The molecule has 0 radical (unpaired) electrons. The Bertz CT molecular complexity index is 896. The highest BCUT2D eigenvalue weighted by Crippen LogP contribution is 2.22. The molecule has 0 aliphatic rings. The van der Waals surface area contributed by atoms with Gasteiger partial charge in [0.05, 0.1) is 31.7 Å². The summed E-state index contributed by atoms with van der Waals surface area (Å²) in [7, 11) is 0. The van der Waals surface area contributed by atoms with Crippen molar-refractivity contribution in [3.05, 3.63) is 0 Å². The van der Waals surface area contributed by atoms with Crippen molar-refractivity contribution >= 4 is 17.9 Å². The summed E-state index contributed by atoms with van der Waals surface area (Å²) < 4.78 is 16.8. The van der Waals surface area contributed by atoms with Crippen molar-refractivity contribution in [2.75, 3.05) is 39.5 Å². The Kier molecular flexibility index (Phi) is 43.6. The van der Waals surface area contributed by atoms with Gasteiger partial charge in [0.15, 0.2) is 0 Å². The number of nitrogens with zero attached hydrogens (tertiary/aromatic N) is 1. The van der Waals surface area contributed by atoms with E-state index in [-0.39, 0.29) is 29.7 Å². The van der Waals surface area contributed by atoms with Crippen LogP contribution >= 0.6 is 0 Å². The summed E-state index contributed by atoms with van der Waals surface area (Å²) in [4.78, 5) is 40.5. The molecule has 0 aliphatic heterocycles. The number of rotatable bonds is 46. The molecule has 0 bridgehead atoms. The number of carbonyl (C=O) groups excluding carboxylic acids is 3. The second-order valence-electron chi connectivity index (χ2n) is 17.5. The largest absolute Gasteiger partial charge is 0.466 e. The zero-order chi connectivity index (χ0) is 42.6. The topological polar surface area (TPSA) is 82.1 Å². The van der Waals surface area contributed by atoms with Crippen LogP contribution in [0.2, 0.25) is 0 Å². The third-order valence-electron chi connectivity index (χ3n) is 11.9. The van der Waals surface area contributed by atoms with Gasteiger partial charge in [-0.1, -0.05) is 188 Å². The molecule has 58 heavy (non-hydrogen) atoms. The van der Waals surface area contributed by atoms with Crippen molar-refractivity contribution in [1.82, 2.24) is 4.90 Å². The van der Waals surface area contributed by atoms with Gasteiger partial charge in [0.2, 0.25) is 0 Å². The fraction of sp³-hybridized carbons (Fsp3) is 0.941. The van der Waals surface area contributed by atoms with E-state index in [1.54, 1.807) is 0 Å². The van der Waals surface area contributed by atoms with E-state index in [0.717, 1.165) is 129 Å². The van der Waals surface area contributed by atoms with Crippen molar-refractivity contribution in [1.29, 1.82) is 0 Å². The van der Waals surface area contributed by atoms with Gasteiger partial charge in [-0.15, -0.1) is 0 Å². The monoisotopic (exact) mass is 822 g/mol. The van der Waals surface area contributed by atoms with E-state index in [0.29, 0.717) is 26.2 Å². The highest BCUT2D eigenvalue weighted by molar-refractivity contribution is 5.72. The molecule has 2 atom stereocenters. The highest BCUT2D eigenvalue weighted by atomic mass is 16.5. The SMILES string of the molecule is CCCCCCCCC(CCCCCC)C(=O)OCCCCCCCN(CCCCCCOC(=O)C(CCCCCC)CCCCCCCC)CCCC(=O)OCC. The van der Waals surface area contributed by atoms with E-state index in [1.807, 2.05) is 6.92 Å². The van der Waals surface area contributed by atoms with E-state index in [4.69, 9.17) is 14.2 Å². The Hall–Kier alpha value is -1.63. The molecule has 2 unspecified atom stereocenters. The molecule has 0 aromatic heterocycles. The van der Waals surface area contributed by atoms with Crippen LogP contribution in [0.25, 0.3) is 0 Å². The predicted octanol–water partition coefficient (Wildman–Crippen LogP) is 14.9. The van der Waals surface area contributed by atoms with Crippen molar-refractivity contribution in [2.24, 2.45) is 11.8 Å². The lowest BCUT2D eigenvalue weighted by Gasteiger charge is -2.22. The van der Waals surface area contributed by atoms with Crippen LogP contribution in [0.1, 0.15) is 259 Å². The number of hydrogen-bond acceptors (Lipinski definition) is 7. The summed E-state index contributed by atoms with van der Waals surface area (Å²) in [6.07, 6.45) is 39.8. The molecule has 7 nitrogen and oxygen atoms in total. The predicted molar refractivity (Wildman–Crippen MR) is 246 cm³/mol. The quantitative estimate of drug-likeness (QED) is 0.0343. The number of carbonyl (C=O) groups is 3. The maximum Gasteiger partial charge on any atom is 0.308 e. The first-order chi connectivity index (χ1) is 28.4. The molecule has 0 aromatic rings. The van der Waals surface area contributed by atoms with Crippen molar-refractivity contribution in [3.63, 3.8) is 0 Å². The van der Waals surface area contributed by atoms with Crippen LogP contribution in [-0.4, -0.2) is 62.3 Å². The fourth-order valence-electron chi connectivity index (χ4n) is 8.09. The summed E-state index contributed by atoms with van der Waals surface area (Å²) in [5.41, 5.74) is 0. The zero-order valence-corrected chi connectivity index (χ0v) is 39.5. The molecule has 0 amide bonds.